The molecule has 1 aliphatic rings. The molecule has 1 amide bonds. The van der Waals surface area contributed by atoms with Crippen LogP contribution in [0.4, 0.5) is 5.69 Å². The molecule has 1 atom stereocenters. The second-order valence-corrected chi connectivity index (χ2v) is 4.16. The van der Waals surface area contributed by atoms with Crippen molar-refractivity contribution in [2.45, 2.75) is 12.5 Å². The van der Waals surface area contributed by atoms with Crippen molar-refractivity contribution in [2.24, 2.45) is 5.73 Å². The molecule has 1 aromatic carbocycles. The van der Waals surface area contributed by atoms with Gasteiger partial charge >= 0.3 is 5.97 Å². The summed E-state index contributed by atoms with van der Waals surface area (Å²) in [6, 6.07) is 4.37. The minimum Gasteiger partial charge on any atom is -0.496 e. The zero-order chi connectivity index (χ0) is 13.3. The summed E-state index contributed by atoms with van der Waals surface area (Å²) in [6.07, 6.45) is 0.309. The summed E-state index contributed by atoms with van der Waals surface area (Å²) in [6.45, 7) is 0.439. The number of aromatic carboxylic acids is 1. The molecule has 6 nitrogen and oxygen atoms in total. The second-order valence-electron chi connectivity index (χ2n) is 4.16. The lowest BCUT2D eigenvalue weighted by Gasteiger charge is -2.17. The van der Waals surface area contributed by atoms with E-state index in [0.29, 0.717) is 18.7 Å². The van der Waals surface area contributed by atoms with Crippen LogP contribution in [-0.2, 0) is 4.79 Å². The number of carboxylic acid groups (broad SMARTS) is 1. The van der Waals surface area contributed by atoms with Gasteiger partial charge in [-0.2, -0.15) is 0 Å². The van der Waals surface area contributed by atoms with Crippen LogP contribution >= 0.6 is 0 Å². The van der Waals surface area contributed by atoms with Gasteiger partial charge in [-0.1, -0.05) is 0 Å². The normalized spacial score (nSPS) is 19.1. The SMILES string of the molecule is COc1cc(N2CC(N)CC2=O)ccc1C(=O)O. The van der Waals surface area contributed by atoms with E-state index in [0.717, 1.165) is 0 Å². The van der Waals surface area contributed by atoms with Gasteiger partial charge in [0.25, 0.3) is 0 Å². The molecule has 0 bridgehead atoms. The number of carboxylic acids is 1. The summed E-state index contributed by atoms with van der Waals surface area (Å²) < 4.78 is 5.02. The van der Waals surface area contributed by atoms with Crippen molar-refractivity contribution in [3.8, 4) is 5.75 Å². The van der Waals surface area contributed by atoms with Gasteiger partial charge in [-0.3, -0.25) is 4.79 Å². The van der Waals surface area contributed by atoms with Crippen LogP contribution < -0.4 is 15.4 Å². The van der Waals surface area contributed by atoms with Crippen LogP contribution in [-0.4, -0.2) is 36.7 Å². The Bertz CT molecular complexity index is 501. The van der Waals surface area contributed by atoms with Crippen molar-refractivity contribution >= 4 is 17.6 Å². The Balaban J connectivity index is 2.36. The van der Waals surface area contributed by atoms with E-state index in [1.54, 1.807) is 17.0 Å². The van der Waals surface area contributed by atoms with Gasteiger partial charge in [-0.05, 0) is 12.1 Å². The predicted octanol–water partition coefficient (Wildman–Crippen LogP) is 0.457. The molecule has 1 aromatic rings. The van der Waals surface area contributed by atoms with Crippen molar-refractivity contribution in [3.05, 3.63) is 23.8 Å². The minimum atomic E-state index is -1.07. The smallest absolute Gasteiger partial charge is 0.339 e. The van der Waals surface area contributed by atoms with E-state index in [9.17, 15) is 9.59 Å². The van der Waals surface area contributed by atoms with Gasteiger partial charge in [0.15, 0.2) is 0 Å². The van der Waals surface area contributed by atoms with Crippen LogP contribution in [0, 0.1) is 0 Å². The number of methoxy groups -OCH3 is 1. The van der Waals surface area contributed by atoms with Gasteiger partial charge in [0.1, 0.15) is 11.3 Å². The Morgan fingerprint density at radius 3 is 2.78 bits per heavy atom. The summed E-state index contributed by atoms with van der Waals surface area (Å²) in [5.41, 5.74) is 6.39. The van der Waals surface area contributed by atoms with Gasteiger partial charge in [-0.25, -0.2) is 4.79 Å². The molecule has 1 fully saturated rings. The minimum absolute atomic E-state index is 0.0624. The average Bonchev–Trinajstić information content (AvgIpc) is 2.67. The maximum Gasteiger partial charge on any atom is 0.339 e. The fourth-order valence-corrected chi connectivity index (χ4v) is 2.01. The summed E-state index contributed by atoms with van der Waals surface area (Å²) >= 11 is 0. The zero-order valence-electron chi connectivity index (χ0n) is 9.92. The Morgan fingerprint density at radius 2 is 2.28 bits per heavy atom. The third kappa shape index (κ3) is 2.14. The first-order chi connectivity index (χ1) is 8.52. The highest BCUT2D eigenvalue weighted by atomic mass is 16.5. The number of anilines is 1. The third-order valence-corrected chi connectivity index (χ3v) is 2.88. The molecule has 0 aliphatic carbocycles. The predicted molar refractivity (Wildman–Crippen MR) is 64.9 cm³/mol. The third-order valence-electron chi connectivity index (χ3n) is 2.88. The number of carbonyl (C=O) groups excluding carboxylic acids is 1. The molecule has 1 aliphatic heterocycles. The number of benzene rings is 1. The fourth-order valence-electron chi connectivity index (χ4n) is 2.01. The zero-order valence-corrected chi connectivity index (χ0v) is 9.92. The number of nitrogens with zero attached hydrogens (tertiary/aromatic N) is 1. The van der Waals surface area contributed by atoms with Crippen molar-refractivity contribution in [1.29, 1.82) is 0 Å². The van der Waals surface area contributed by atoms with Crippen LogP contribution in [0.5, 0.6) is 5.75 Å². The van der Waals surface area contributed by atoms with Crippen LogP contribution in [0.15, 0.2) is 18.2 Å². The number of ether oxygens (including phenoxy) is 1. The van der Waals surface area contributed by atoms with E-state index in [1.807, 2.05) is 0 Å². The van der Waals surface area contributed by atoms with Crippen LogP contribution in [0.3, 0.4) is 0 Å². The molecule has 3 N–H and O–H groups in total. The van der Waals surface area contributed by atoms with Gasteiger partial charge in [0.2, 0.25) is 5.91 Å². The average molecular weight is 250 g/mol. The van der Waals surface area contributed by atoms with Crippen LogP contribution in [0.25, 0.3) is 0 Å². The van der Waals surface area contributed by atoms with E-state index in [2.05, 4.69) is 0 Å². The number of hydrogen-bond donors (Lipinski definition) is 2. The summed E-state index contributed by atoms with van der Waals surface area (Å²) in [5, 5.41) is 8.97. The number of carbonyl (C=O) groups is 2. The lowest BCUT2D eigenvalue weighted by Crippen LogP contribution is -2.28. The highest BCUT2D eigenvalue weighted by molar-refractivity contribution is 5.98. The van der Waals surface area contributed by atoms with E-state index in [-0.39, 0.29) is 23.3 Å². The first-order valence-corrected chi connectivity index (χ1v) is 5.50. The Hall–Kier alpha value is -2.08. The monoisotopic (exact) mass is 250 g/mol. The molecule has 1 unspecified atom stereocenters. The van der Waals surface area contributed by atoms with Crippen LogP contribution in [0.2, 0.25) is 0 Å². The highest BCUT2D eigenvalue weighted by Gasteiger charge is 2.28. The molecule has 96 valence electrons. The Labute approximate surface area is 104 Å². The largest absolute Gasteiger partial charge is 0.496 e. The molecule has 6 heteroatoms. The van der Waals surface area contributed by atoms with Crippen molar-refractivity contribution in [2.75, 3.05) is 18.6 Å². The molecule has 0 saturated carbocycles. The van der Waals surface area contributed by atoms with E-state index >= 15 is 0 Å². The molecule has 0 spiro atoms. The maximum absolute atomic E-state index is 11.7. The molecule has 18 heavy (non-hydrogen) atoms. The summed E-state index contributed by atoms with van der Waals surface area (Å²) in [4.78, 5) is 24.2. The van der Waals surface area contributed by atoms with Crippen molar-refractivity contribution in [1.82, 2.24) is 0 Å². The lowest BCUT2D eigenvalue weighted by molar-refractivity contribution is -0.117. The quantitative estimate of drug-likeness (QED) is 0.812. The highest BCUT2D eigenvalue weighted by Crippen LogP contribution is 2.28. The Kier molecular flexibility index (Phi) is 3.20. The fraction of sp³-hybridized carbons (Fsp3) is 0.333. The van der Waals surface area contributed by atoms with Gasteiger partial charge in [0.05, 0.1) is 7.11 Å². The molecule has 1 heterocycles. The van der Waals surface area contributed by atoms with Crippen molar-refractivity contribution in [3.63, 3.8) is 0 Å². The molecular weight excluding hydrogens is 236 g/mol. The van der Waals surface area contributed by atoms with Gasteiger partial charge in [-0.15, -0.1) is 0 Å². The van der Waals surface area contributed by atoms with Gasteiger partial charge in [0, 0.05) is 30.8 Å². The van der Waals surface area contributed by atoms with E-state index < -0.39 is 5.97 Å². The molecule has 2 rings (SSSR count). The van der Waals surface area contributed by atoms with Gasteiger partial charge < -0.3 is 20.5 Å². The van der Waals surface area contributed by atoms with E-state index in [1.165, 1.54) is 13.2 Å². The molecule has 0 radical (unpaired) electrons. The maximum atomic E-state index is 11.7. The Morgan fingerprint density at radius 1 is 1.56 bits per heavy atom. The first-order valence-electron chi connectivity index (χ1n) is 5.50. The van der Waals surface area contributed by atoms with E-state index in [4.69, 9.17) is 15.6 Å². The number of amides is 1. The second kappa shape index (κ2) is 4.66. The topological polar surface area (TPSA) is 92.9 Å². The lowest BCUT2D eigenvalue weighted by atomic mass is 10.1. The molecule has 1 saturated heterocycles. The first kappa shape index (κ1) is 12.4. The van der Waals surface area contributed by atoms with Crippen molar-refractivity contribution < 1.29 is 19.4 Å². The van der Waals surface area contributed by atoms with Crippen LogP contribution in [0.1, 0.15) is 16.8 Å². The summed E-state index contributed by atoms with van der Waals surface area (Å²) in [7, 11) is 1.39. The number of nitrogens with two attached hydrogens (primary N) is 1. The number of rotatable bonds is 3. The molecular formula is C12H14N2O4. The molecule has 0 aromatic heterocycles. The summed E-state index contributed by atoms with van der Waals surface area (Å²) in [5.74, 6) is -0.899. The number of hydrogen-bond acceptors (Lipinski definition) is 4. The standard InChI is InChI=1S/C12H14N2O4/c1-18-10-5-8(2-3-9(10)12(16)17)14-6-7(13)4-11(14)15/h2-3,5,7H,4,6,13H2,1H3,(H,16,17).